The summed E-state index contributed by atoms with van der Waals surface area (Å²) in [6.45, 7) is 4.20. The summed E-state index contributed by atoms with van der Waals surface area (Å²) in [5.41, 5.74) is 3.72. The largest absolute Gasteiger partial charge is 0.492 e. The molecule has 1 aliphatic rings. The lowest BCUT2D eigenvalue weighted by Gasteiger charge is -2.16. The zero-order chi connectivity index (χ0) is 24.7. The van der Waals surface area contributed by atoms with Crippen LogP contribution >= 0.6 is 10.8 Å². The SMILES string of the molecule is C1CCCCC1.CC/C(=C/c1ccc(OCCN(C)CCSS(C)(=O)=O)cc1)c1ccccc1. The molecule has 0 unspecified atom stereocenters. The predicted octanol–water partition coefficient (Wildman–Crippen LogP) is 6.98. The number of nitrogens with zero attached hydrogens (tertiary/aromatic N) is 1. The predicted molar refractivity (Wildman–Crippen MR) is 149 cm³/mol. The monoisotopic (exact) mass is 503 g/mol. The van der Waals surface area contributed by atoms with Gasteiger partial charge in [0.2, 0.25) is 0 Å². The summed E-state index contributed by atoms with van der Waals surface area (Å²) in [4.78, 5) is 2.07. The smallest absolute Gasteiger partial charge is 0.198 e. The van der Waals surface area contributed by atoms with Gasteiger partial charge in [0.1, 0.15) is 12.4 Å². The van der Waals surface area contributed by atoms with Crippen LogP contribution in [0.5, 0.6) is 5.75 Å². The molecule has 0 saturated heterocycles. The van der Waals surface area contributed by atoms with Crippen molar-refractivity contribution in [1.82, 2.24) is 4.90 Å². The highest BCUT2D eigenvalue weighted by Crippen LogP contribution is 2.22. The van der Waals surface area contributed by atoms with E-state index in [-0.39, 0.29) is 0 Å². The van der Waals surface area contributed by atoms with Crippen molar-refractivity contribution < 1.29 is 13.2 Å². The second-order valence-electron chi connectivity index (χ2n) is 8.76. The molecule has 1 saturated carbocycles. The molecule has 0 spiro atoms. The number of hydrogen-bond acceptors (Lipinski definition) is 5. The molecule has 34 heavy (non-hydrogen) atoms. The molecule has 1 fully saturated rings. The molecule has 6 heteroatoms. The summed E-state index contributed by atoms with van der Waals surface area (Å²) in [7, 11) is -0.0112. The Balaban J connectivity index is 0.000000589. The lowest BCUT2D eigenvalue weighted by atomic mass is 10.0. The van der Waals surface area contributed by atoms with Gasteiger partial charge in [-0.25, -0.2) is 8.42 Å². The van der Waals surface area contributed by atoms with Crippen molar-refractivity contribution in [1.29, 1.82) is 0 Å². The Morgan fingerprint density at radius 1 is 0.941 bits per heavy atom. The van der Waals surface area contributed by atoms with E-state index in [0.717, 1.165) is 35.1 Å². The van der Waals surface area contributed by atoms with E-state index >= 15 is 0 Å². The van der Waals surface area contributed by atoms with E-state index in [1.807, 2.05) is 25.2 Å². The maximum atomic E-state index is 11.1. The first-order valence-electron chi connectivity index (χ1n) is 12.4. The molecule has 1 aliphatic carbocycles. The number of rotatable bonds is 11. The molecule has 0 bridgehead atoms. The second kappa shape index (κ2) is 16.0. The zero-order valence-electron chi connectivity index (χ0n) is 21.0. The van der Waals surface area contributed by atoms with Crippen LogP contribution in [0.25, 0.3) is 11.6 Å². The topological polar surface area (TPSA) is 46.6 Å². The van der Waals surface area contributed by atoms with Gasteiger partial charge < -0.3 is 9.64 Å². The van der Waals surface area contributed by atoms with Crippen LogP contribution in [0.4, 0.5) is 0 Å². The maximum Gasteiger partial charge on any atom is 0.198 e. The van der Waals surface area contributed by atoms with Crippen LogP contribution in [-0.4, -0.2) is 52.1 Å². The van der Waals surface area contributed by atoms with Gasteiger partial charge >= 0.3 is 0 Å². The van der Waals surface area contributed by atoms with E-state index in [4.69, 9.17) is 4.74 Å². The lowest BCUT2D eigenvalue weighted by Crippen LogP contribution is -2.26. The highest BCUT2D eigenvalue weighted by atomic mass is 33.1. The Morgan fingerprint density at radius 3 is 2.06 bits per heavy atom. The first-order valence-corrected chi connectivity index (χ1v) is 15.8. The van der Waals surface area contributed by atoms with Gasteiger partial charge in [-0.3, -0.25) is 0 Å². The van der Waals surface area contributed by atoms with Crippen molar-refractivity contribution in [2.45, 2.75) is 51.9 Å². The van der Waals surface area contributed by atoms with Gasteiger partial charge in [0.25, 0.3) is 0 Å². The van der Waals surface area contributed by atoms with E-state index < -0.39 is 8.87 Å². The molecular weight excluding hydrogens is 462 g/mol. The normalized spacial score (nSPS) is 14.4. The fraction of sp³-hybridized carbons (Fsp3) is 0.500. The van der Waals surface area contributed by atoms with Crippen molar-refractivity contribution >= 4 is 31.3 Å². The summed E-state index contributed by atoms with van der Waals surface area (Å²) in [5, 5.41) is 0. The van der Waals surface area contributed by atoms with Crippen molar-refractivity contribution in [3.05, 3.63) is 65.7 Å². The van der Waals surface area contributed by atoms with Crippen LogP contribution < -0.4 is 4.74 Å². The Hall–Kier alpha value is -1.76. The van der Waals surface area contributed by atoms with Crippen LogP contribution in [0.1, 0.15) is 63.0 Å². The molecule has 2 aromatic rings. The van der Waals surface area contributed by atoms with Gasteiger partial charge in [-0.2, -0.15) is 0 Å². The van der Waals surface area contributed by atoms with Gasteiger partial charge in [-0.15, -0.1) is 0 Å². The second-order valence-corrected chi connectivity index (χ2v) is 13.3. The number of hydrogen-bond donors (Lipinski definition) is 0. The minimum atomic E-state index is -2.96. The summed E-state index contributed by atoms with van der Waals surface area (Å²) >= 11 is 0. The Morgan fingerprint density at radius 2 is 1.53 bits per heavy atom. The summed E-state index contributed by atoms with van der Waals surface area (Å²) < 4.78 is 28.1. The molecule has 0 atom stereocenters. The average molecular weight is 504 g/mol. The fourth-order valence-electron chi connectivity index (χ4n) is 3.74. The van der Waals surface area contributed by atoms with E-state index in [1.54, 1.807) is 0 Å². The molecule has 0 N–H and O–H groups in total. The maximum absolute atomic E-state index is 11.1. The lowest BCUT2D eigenvalue weighted by molar-refractivity contribution is 0.245. The first-order chi connectivity index (χ1) is 16.4. The molecular formula is C28H41NO3S2. The highest BCUT2D eigenvalue weighted by molar-refractivity contribution is 8.71. The molecule has 2 aromatic carbocycles. The fourth-order valence-corrected chi connectivity index (χ4v) is 5.56. The zero-order valence-corrected chi connectivity index (χ0v) is 22.7. The molecule has 3 rings (SSSR count). The number of allylic oxidation sites excluding steroid dienone is 1. The number of ether oxygens (including phenoxy) is 1. The van der Waals surface area contributed by atoms with Crippen LogP contribution in [0, 0.1) is 0 Å². The summed E-state index contributed by atoms with van der Waals surface area (Å²) in [5.74, 6) is 1.41. The van der Waals surface area contributed by atoms with Gasteiger partial charge in [-0.05, 0) is 53.1 Å². The van der Waals surface area contributed by atoms with Crippen molar-refractivity contribution in [2.24, 2.45) is 0 Å². The molecule has 0 aliphatic heterocycles. The van der Waals surface area contributed by atoms with Gasteiger partial charge in [0, 0.05) is 25.1 Å². The average Bonchev–Trinajstić information content (AvgIpc) is 2.85. The van der Waals surface area contributed by atoms with Gasteiger partial charge in [0.05, 0.1) is 0 Å². The minimum Gasteiger partial charge on any atom is -0.492 e. The van der Waals surface area contributed by atoms with E-state index in [0.29, 0.717) is 18.9 Å². The molecule has 188 valence electrons. The third-order valence-corrected chi connectivity index (χ3v) is 8.32. The third-order valence-electron chi connectivity index (χ3n) is 5.76. The van der Waals surface area contributed by atoms with E-state index in [1.165, 1.54) is 55.9 Å². The van der Waals surface area contributed by atoms with Crippen LogP contribution in [-0.2, 0) is 8.87 Å². The first kappa shape index (κ1) is 28.5. The molecule has 0 radical (unpaired) electrons. The van der Waals surface area contributed by atoms with Gasteiger partial charge in [0.15, 0.2) is 8.87 Å². The number of likely N-dealkylation sites (N-methyl/N-ethyl adjacent to an activating group) is 1. The Bertz CT molecular complexity index is 926. The van der Waals surface area contributed by atoms with Crippen molar-refractivity contribution in [3.8, 4) is 5.75 Å². The molecule has 0 amide bonds. The molecule has 0 aromatic heterocycles. The standard InChI is InChI=1S/C22H29NO3S2.C6H12/c1-4-20(21-8-6-5-7-9-21)18-19-10-12-22(13-11-19)26-16-14-23(2)15-17-27-28(3,24)25;1-2-4-6-5-3-1/h5-13,18H,4,14-17H2,1-3H3;1-6H2/b20-18-;. The number of benzene rings is 2. The van der Waals surface area contributed by atoms with E-state index in [9.17, 15) is 8.42 Å². The highest BCUT2D eigenvalue weighted by Gasteiger charge is 2.05. The molecule has 0 heterocycles. The summed E-state index contributed by atoms with van der Waals surface area (Å²) in [6.07, 6.45) is 13.4. The van der Waals surface area contributed by atoms with Crippen molar-refractivity contribution in [2.75, 3.05) is 38.8 Å². The van der Waals surface area contributed by atoms with Crippen LogP contribution in [0.2, 0.25) is 0 Å². The van der Waals surface area contributed by atoms with Crippen LogP contribution in [0.15, 0.2) is 54.6 Å². The quantitative estimate of drug-likeness (QED) is 0.244. The Kier molecular flexibility index (Phi) is 13.4. The van der Waals surface area contributed by atoms with Crippen LogP contribution in [0.3, 0.4) is 0 Å². The molecule has 4 nitrogen and oxygen atoms in total. The van der Waals surface area contributed by atoms with Crippen molar-refractivity contribution in [3.63, 3.8) is 0 Å². The Labute approximate surface area is 211 Å². The third kappa shape index (κ3) is 12.6. The van der Waals surface area contributed by atoms with Gasteiger partial charge in [-0.1, -0.05) is 94.0 Å². The minimum absolute atomic E-state index is 0.567. The summed E-state index contributed by atoms with van der Waals surface area (Å²) in [6, 6.07) is 18.5. The van der Waals surface area contributed by atoms with E-state index in [2.05, 4.69) is 54.3 Å².